The van der Waals surface area contributed by atoms with Gasteiger partial charge in [-0.25, -0.2) is 4.98 Å². The second-order valence-electron chi connectivity index (χ2n) is 4.17. The first-order chi connectivity index (χ1) is 9.43. The van der Waals surface area contributed by atoms with E-state index in [1.165, 1.54) is 5.56 Å². The summed E-state index contributed by atoms with van der Waals surface area (Å²) in [5.41, 5.74) is 1.19. The van der Waals surface area contributed by atoms with E-state index in [9.17, 15) is 0 Å². The number of rotatable bonds is 5. The van der Waals surface area contributed by atoms with Crippen molar-refractivity contribution in [3.63, 3.8) is 0 Å². The van der Waals surface area contributed by atoms with Gasteiger partial charge >= 0.3 is 0 Å². The third-order valence-corrected chi connectivity index (χ3v) is 3.68. The number of nitrogens with zero attached hydrogens (tertiary/aromatic N) is 1. The predicted octanol–water partition coefficient (Wildman–Crippen LogP) is 3.62. The predicted molar refractivity (Wildman–Crippen MR) is 75.9 cm³/mol. The molecular weight excluding hydrogens is 256 g/mol. The molecular formula is C15H14N2OS. The zero-order valence-electron chi connectivity index (χ0n) is 10.3. The molecule has 96 valence electrons. The molecule has 4 heteroatoms. The molecule has 2 heterocycles. The lowest BCUT2D eigenvalue weighted by Crippen LogP contribution is -2.21. The number of furan rings is 1. The van der Waals surface area contributed by atoms with Crippen molar-refractivity contribution in [1.29, 1.82) is 0 Å². The number of benzene rings is 1. The fraction of sp³-hybridized carbons (Fsp3) is 0.133. The lowest BCUT2D eigenvalue weighted by molar-refractivity contribution is 0.445. The number of nitrogens with one attached hydrogen (secondary N) is 1. The minimum atomic E-state index is 0.0556. The summed E-state index contributed by atoms with van der Waals surface area (Å²) in [7, 11) is 0. The molecule has 1 aromatic carbocycles. The molecule has 0 bridgehead atoms. The molecule has 0 aliphatic carbocycles. The smallest absolute Gasteiger partial charge is 0.125 e. The fourth-order valence-electron chi connectivity index (χ4n) is 2.01. The average molecular weight is 270 g/mol. The van der Waals surface area contributed by atoms with Crippen molar-refractivity contribution < 1.29 is 4.42 Å². The fourth-order valence-corrected chi connectivity index (χ4v) is 2.58. The summed E-state index contributed by atoms with van der Waals surface area (Å²) in [6.45, 7) is 0.734. The average Bonchev–Trinajstić information content (AvgIpc) is 3.13. The van der Waals surface area contributed by atoms with Crippen molar-refractivity contribution in [3.8, 4) is 0 Å². The lowest BCUT2D eigenvalue weighted by Gasteiger charge is -2.16. The van der Waals surface area contributed by atoms with E-state index in [1.54, 1.807) is 17.6 Å². The van der Waals surface area contributed by atoms with E-state index in [0.29, 0.717) is 0 Å². The summed E-state index contributed by atoms with van der Waals surface area (Å²) in [5, 5.41) is 6.56. The molecule has 1 atom stereocenters. The van der Waals surface area contributed by atoms with Crippen LogP contribution in [0.1, 0.15) is 22.4 Å². The van der Waals surface area contributed by atoms with Crippen molar-refractivity contribution in [2.75, 3.05) is 0 Å². The van der Waals surface area contributed by atoms with E-state index >= 15 is 0 Å². The van der Waals surface area contributed by atoms with Gasteiger partial charge in [0, 0.05) is 18.1 Å². The molecule has 3 nitrogen and oxygen atoms in total. The number of hydrogen-bond donors (Lipinski definition) is 1. The minimum absolute atomic E-state index is 0.0556. The van der Waals surface area contributed by atoms with Gasteiger partial charge in [-0.2, -0.15) is 0 Å². The molecule has 0 amide bonds. The summed E-state index contributed by atoms with van der Waals surface area (Å²) in [6, 6.07) is 14.3. The second-order valence-corrected chi connectivity index (χ2v) is 5.14. The van der Waals surface area contributed by atoms with Gasteiger partial charge in [0.2, 0.25) is 0 Å². The normalized spacial score (nSPS) is 12.4. The van der Waals surface area contributed by atoms with Crippen molar-refractivity contribution in [2.24, 2.45) is 0 Å². The van der Waals surface area contributed by atoms with Crippen molar-refractivity contribution in [1.82, 2.24) is 10.3 Å². The Morgan fingerprint density at radius 2 is 2.05 bits per heavy atom. The van der Waals surface area contributed by atoms with Crippen LogP contribution in [0.25, 0.3) is 0 Å². The molecule has 1 N–H and O–H groups in total. The van der Waals surface area contributed by atoms with Crippen LogP contribution in [-0.4, -0.2) is 4.98 Å². The summed E-state index contributed by atoms with van der Waals surface area (Å²) in [5.74, 6) is 0.919. The van der Waals surface area contributed by atoms with Gasteiger partial charge in [0.25, 0.3) is 0 Å². The summed E-state index contributed by atoms with van der Waals surface area (Å²) < 4.78 is 5.54. The molecule has 0 fully saturated rings. The highest BCUT2D eigenvalue weighted by Gasteiger charge is 2.16. The van der Waals surface area contributed by atoms with Gasteiger partial charge < -0.3 is 4.42 Å². The highest BCUT2D eigenvalue weighted by Crippen LogP contribution is 2.23. The third-order valence-electron chi connectivity index (χ3n) is 2.90. The van der Waals surface area contributed by atoms with Crippen LogP contribution in [0.2, 0.25) is 0 Å². The molecule has 19 heavy (non-hydrogen) atoms. The van der Waals surface area contributed by atoms with Gasteiger partial charge in [0.15, 0.2) is 0 Å². The van der Waals surface area contributed by atoms with Crippen LogP contribution in [0, 0.1) is 0 Å². The SMILES string of the molecule is c1ccc(C(NCc2nccs2)c2ccco2)cc1. The summed E-state index contributed by atoms with van der Waals surface area (Å²) in [4.78, 5) is 4.29. The Labute approximate surface area is 115 Å². The zero-order chi connectivity index (χ0) is 12.9. The monoisotopic (exact) mass is 270 g/mol. The number of thiazole rings is 1. The number of hydrogen-bond acceptors (Lipinski definition) is 4. The number of aromatic nitrogens is 1. The molecule has 0 aliphatic heterocycles. The molecule has 2 aromatic heterocycles. The zero-order valence-corrected chi connectivity index (χ0v) is 11.1. The van der Waals surface area contributed by atoms with E-state index in [4.69, 9.17) is 4.42 Å². The maximum Gasteiger partial charge on any atom is 0.125 e. The van der Waals surface area contributed by atoms with E-state index < -0.39 is 0 Å². The minimum Gasteiger partial charge on any atom is -0.467 e. The highest BCUT2D eigenvalue weighted by molar-refractivity contribution is 7.09. The van der Waals surface area contributed by atoms with Crippen molar-refractivity contribution in [2.45, 2.75) is 12.6 Å². The molecule has 0 radical (unpaired) electrons. The molecule has 0 spiro atoms. The van der Waals surface area contributed by atoms with E-state index in [-0.39, 0.29) is 6.04 Å². The Morgan fingerprint density at radius 3 is 2.74 bits per heavy atom. The molecule has 0 saturated carbocycles. The van der Waals surface area contributed by atoms with Crippen LogP contribution in [0.4, 0.5) is 0 Å². The van der Waals surface area contributed by atoms with Gasteiger partial charge in [-0.15, -0.1) is 11.3 Å². The van der Waals surface area contributed by atoms with Gasteiger partial charge in [-0.05, 0) is 17.7 Å². The molecule has 0 saturated heterocycles. The van der Waals surface area contributed by atoms with Crippen molar-refractivity contribution in [3.05, 3.63) is 76.6 Å². The topological polar surface area (TPSA) is 38.1 Å². The quantitative estimate of drug-likeness (QED) is 0.769. The third kappa shape index (κ3) is 2.92. The van der Waals surface area contributed by atoms with E-state index in [2.05, 4.69) is 22.4 Å². The molecule has 0 aliphatic rings. The lowest BCUT2D eigenvalue weighted by atomic mass is 10.0. The Hall–Kier alpha value is -1.91. The largest absolute Gasteiger partial charge is 0.467 e. The van der Waals surface area contributed by atoms with Gasteiger partial charge in [0.1, 0.15) is 10.8 Å². The Morgan fingerprint density at radius 1 is 1.16 bits per heavy atom. The first kappa shape index (κ1) is 12.1. The van der Waals surface area contributed by atoms with Gasteiger partial charge in [-0.3, -0.25) is 5.32 Å². The Balaban J connectivity index is 1.81. The van der Waals surface area contributed by atoms with Gasteiger partial charge in [-0.1, -0.05) is 30.3 Å². The van der Waals surface area contributed by atoms with Crippen LogP contribution in [0.3, 0.4) is 0 Å². The van der Waals surface area contributed by atoms with Crippen molar-refractivity contribution >= 4 is 11.3 Å². The van der Waals surface area contributed by atoms with Crippen LogP contribution in [0.15, 0.2) is 64.7 Å². The van der Waals surface area contributed by atoms with Crippen LogP contribution >= 0.6 is 11.3 Å². The summed E-state index contributed by atoms with van der Waals surface area (Å²) >= 11 is 1.65. The standard InChI is InChI=1S/C15H14N2OS/c1-2-5-12(6-3-1)15(13-7-4-9-18-13)17-11-14-16-8-10-19-14/h1-10,15,17H,11H2. The van der Waals surface area contributed by atoms with E-state index in [1.807, 2.05) is 41.9 Å². The van der Waals surface area contributed by atoms with Crippen LogP contribution < -0.4 is 5.32 Å². The van der Waals surface area contributed by atoms with E-state index in [0.717, 1.165) is 17.3 Å². The highest BCUT2D eigenvalue weighted by atomic mass is 32.1. The first-order valence-electron chi connectivity index (χ1n) is 6.13. The second kappa shape index (κ2) is 5.82. The van der Waals surface area contributed by atoms with Crippen LogP contribution in [-0.2, 0) is 6.54 Å². The molecule has 1 unspecified atom stereocenters. The maximum absolute atomic E-state index is 5.54. The Kier molecular flexibility index (Phi) is 3.72. The molecule has 3 aromatic rings. The Bertz CT molecular complexity index is 590. The van der Waals surface area contributed by atoms with Gasteiger partial charge in [0.05, 0.1) is 12.3 Å². The van der Waals surface area contributed by atoms with Crippen LogP contribution in [0.5, 0.6) is 0 Å². The summed E-state index contributed by atoms with van der Waals surface area (Å²) in [6.07, 6.45) is 3.53. The molecule has 3 rings (SSSR count). The first-order valence-corrected chi connectivity index (χ1v) is 7.01. The maximum atomic E-state index is 5.54.